The molecule has 0 N–H and O–H groups in total. The molecule has 18 heavy (non-hydrogen) atoms. The normalized spacial score (nSPS) is 14.7. The summed E-state index contributed by atoms with van der Waals surface area (Å²) < 4.78 is 18.3. The fourth-order valence-electron chi connectivity index (χ4n) is 1.67. The molecule has 0 radical (unpaired) electrons. The van der Waals surface area contributed by atoms with Crippen LogP contribution in [0.1, 0.15) is 13.8 Å². The van der Waals surface area contributed by atoms with Gasteiger partial charge in [-0.15, -0.1) is 0 Å². The molecule has 2 rings (SSSR count). The van der Waals surface area contributed by atoms with E-state index in [1.165, 1.54) is 12.1 Å². The number of morpholine rings is 1. The topological polar surface area (TPSA) is 55.6 Å². The molecular weight excluding hydrogens is 239 g/mol. The molecule has 0 atom stereocenters. The summed E-state index contributed by atoms with van der Waals surface area (Å²) in [5.41, 5.74) is 0.316. The number of hydrogen-bond acceptors (Lipinski definition) is 4. The summed E-state index contributed by atoms with van der Waals surface area (Å²) in [7, 11) is 0. The molecule has 1 aliphatic heterocycles. The van der Waals surface area contributed by atoms with Gasteiger partial charge in [-0.1, -0.05) is 13.8 Å². The Labute approximate surface area is 105 Å². The SMILES string of the molecule is CC.O=[N+]([O-])c1cc(F)cc(N2CCOCC2)c1. The standard InChI is InChI=1S/C10H11FN2O3.C2H6/c11-8-5-9(7-10(6-8)13(14)15)12-1-3-16-4-2-12;1-2/h5-7H,1-4H2;1-2H3. The third-order valence-electron chi connectivity index (χ3n) is 2.45. The van der Waals surface area contributed by atoms with E-state index in [0.29, 0.717) is 32.0 Å². The second-order valence-corrected chi connectivity index (χ2v) is 3.52. The quantitative estimate of drug-likeness (QED) is 0.603. The largest absolute Gasteiger partial charge is 0.378 e. The van der Waals surface area contributed by atoms with E-state index in [-0.39, 0.29) is 5.69 Å². The molecule has 0 amide bonds. The molecule has 0 aromatic heterocycles. The van der Waals surface area contributed by atoms with E-state index in [1.807, 2.05) is 18.7 Å². The number of benzene rings is 1. The molecule has 1 heterocycles. The summed E-state index contributed by atoms with van der Waals surface area (Å²) in [6.45, 7) is 6.37. The Morgan fingerprint density at radius 3 is 2.44 bits per heavy atom. The van der Waals surface area contributed by atoms with Crippen molar-refractivity contribution in [1.29, 1.82) is 0 Å². The Bertz CT molecular complexity index is 406. The van der Waals surface area contributed by atoms with E-state index < -0.39 is 10.7 Å². The van der Waals surface area contributed by atoms with Gasteiger partial charge in [-0.25, -0.2) is 4.39 Å². The van der Waals surface area contributed by atoms with Crippen molar-refractivity contribution in [2.75, 3.05) is 31.2 Å². The second kappa shape index (κ2) is 6.90. The fourth-order valence-corrected chi connectivity index (χ4v) is 1.67. The summed E-state index contributed by atoms with van der Waals surface area (Å²) >= 11 is 0. The number of non-ortho nitro benzene ring substituents is 1. The monoisotopic (exact) mass is 256 g/mol. The zero-order valence-electron chi connectivity index (χ0n) is 10.6. The fraction of sp³-hybridized carbons (Fsp3) is 0.500. The molecule has 1 aliphatic rings. The van der Waals surface area contributed by atoms with Crippen LogP contribution in [-0.2, 0) is 4.74 Å². The highest BCUT2D eigenvalue weighted by Gasteiger charge is 2.16. The maximum Gasteiger partial charge on any atom is 0.274 e. The number of rotatable bonds is 2. The molecule has 1 saturated heterocycles. The first-order chi connectivity index (χ1) is 8.66. The van der Waals surface area contributed by atoms with E-state index >= 15 is 0 Å². The Balaban J connectivity index is 0.000000771. The number of ether oxygens (including phenoxy) is 1. The van der Waals surface area contributed by atoms with Crippen LogP contribution < -0.4 is 4.90 Å². The van der Waals surface area contributed by atoms with Crippen LogP contribution in [0.25, 0.3) is 0 Å². The van der Waals surface area contributed by atoms with Gasteiger partial charge in [0, 0.05) is 24.8 Å². The van der Waals surface area contributed by atoms with Gasteiger partial charge in [-0.3, -0.25) is 10.1 Å². The van der Waals surface area contributed by atoms with Gasteiger partial charge in [0.25, 0.3) is 5.69 Å². The highest BCUT2D eigenvalue weighted by molar-refractivity contribution is 5.53. The molecule has 1 aromatic rings. The van der Waals surface area contributed by atoms with E-state index in [9.17, 15) is 14.5 Å². The van der Waals surface area contributed by atoms with Crippen LogP contribution >= 0.6 is 0 Å². The van der Waals surface area contributed by atoms with Crippen LogP contribution in [-0.4, -0.2) is 31.2 Å². The maximum absolute atomic E-state index is 13.2. The Morgan fingerprint density at radius 2 is 1.89 bits per heavy atom. The molecule has 5 nitrogen and oxygen atoms in total. The summed E-state index contributed by atoms with van der Waals surface area (Å²) in [5.74, 6) is -0.587. The number of halogens is 1. The number of nitro benzene ring substituents is 1. The van der Waals surface area contributed by atoms with Crippen LogP contribution in [0.3, 0.4) is 0 Å². The molecule has 6 heteroatoms. The van der Waals surface area contributed by atoms with Gasteiger partial charge in [-0.05, 0) is 6.07 Å². The molecule has 1 aromatic carbocycles. The van der Waals surface area contributed by atoms with Crippen molar-refractivity contribution < 1.29 is 14.1 Å². The lowest BCUT2D eigenvalue weighted by Gasteiger charge is -2.28. The highest BCUT2D eigenvalue weighted by Crippen LogP contribution is 2.23. The van der Waals surface area contributed by atoms with Crippen LogP contribution in [0.2, 0.25) is 0 Å². The number of anilines is 1. The van der Waals surface area contributed by atoms with Crippen LogP contribution in [0.15, 0.2) is 18.2 Å². The van der Waals surface area contributed by atoms with Crippen LogP contribution in [0.4, 0.5) is 15.8 Å². The zero-order valence-corrected chi connectivity index (χ0v) is 10.6. The van der Waals surface area contributed by atoms with Crippen molar-refractivity contribution in [2.45, 2.75) is 13.8 Å². The minimum Gasteiger partial charge on any atom is -0.378 e. The lowest BCUT2D eigenvalue weighted by atomic mass is 10.2. The summed E-state index contributed by atoms with van der Waals surface area (Å²) in [5, 5.41) is 10.6. The smallest absolute Gasteiger partial charge is 0.274 e. The van der Waals surface area contributed by atoms with E-state index in [2.05, 4.69) is 0 Å². The van der Waals surface area contributed by atoms with Crippen molar-refractivity contribution in [2.24, 2.45) is 0 Å². The van der Waals surface area contributed by atoms with Gasteiger partial charge in [0.1, 0.15) is 5.82 Å². The maximum atomic E-state index is 13.2. The third-order valence-corrected chi connectivity index (χ3v) is 2.45. The summed E-state index contributed by atoms with van der Waals surface area (Å²) in [6, 6.07) is 3.61. The van der Waals surface area contributed by atoms with E-state index in [0.717, 1.165) is 6.07 Å². The average molecular weight is 256 g/mol. The van der Waals surface area contributed by atoms with Crippen molar-refractivity contribution in [3.63, 3.8) is 0 Å². The van der Waals surface area contributed by atoms with Crippen molar-refractivity contribution in [1.82, 2.24) is 0 Å². The first kappa shape index (κ1) is 14.4. The van der Waals surface area contributed by atoms with Crippen LogP contribution in [0.5, 0.6) is 0 Å². The minimum absolute atomic E-state index is 0.221. The van der Waals surface area contributed by atoms with E-state index in [1.54, 1.807) is 0 Å². The van der Waals surface area contributed by atoms with Gasteiger partial charge in [-0.2, -0.15) is 0 Å². The van der Waals surface area contributed by atoms with Crippen LogP contribution in [0, 0.1) is 15.9 Å². The molecular formula is C12H17FN2O3. The first-order valence-electron chi connectivity index (χ1n) is 5.94. The first-order valence-corrected chi connectivity index (χ1v) is 5.94. The lowest BCUT2D eigenvalue weighted by Crippen LogP contribution is -2.36. The predicted octanol–water partition coefficient (Wildman–Crippen LogP) is 2.60. The molecule has 0 spiro atoms. The van der Waals surface area contributed by atoms with Crippen molar-refractivity contribution in [3.05, 3.63) is 34.1 Å². The lowest BCUT2D eigenvalue weighted by molar-refractivity contribution is -0.385. The van der Waals surface area contributed by atoms with Gasteiger partial charge in [0.15, 0.2) is 0 Å². The number of hydrogen-bond donors (Lipinski definition) is 0. The highest BCUT2D eigenvalue weighted by atomic mass is 19.1. The molecule has 0 saturated carbocycles. The Kier molecular flexibility index (Phi) is 5.51. The molecule has 0 aliphatic carbocycles. The third kappa shape index (κ3) is 3.66. The van der Waals surface area contributed by atoms with Crippen molar-refractivity contribution >= 4 is 11.4 Å². The molecule has 0 unspecified atom stereocenters. The predicted molar refractivity (Wildman–Crippen MR) is 67.4 cm³/mol. The van der Waals surface area contributed by atoms with E-state index in [4.69, 9.17) is 4.74 Å². The molecule has 100 valence electrons. The molecule has 1 fully saturated rings. The zero-order chi connectivity index (χ0) is 13.5. The van der Waals surface area contributed by atoms with Gasteiger partial charge in [0.2, 0.25) is 0 Å². The van der Waals surface area contributed by atoms with Gasteiger partial charge >= 0.3 is 0 Å². The van der Waals surface area contributed by atoms with Gasteiger partial charge in [0.05, 0.1) is 24.2 Å². The number of nitro groups is 1. The average Bonchev–Trinajstić information content (AvgIpc) is 2.41. The minimum atomic E-state index is -0.590. The molecule has 0 bridgehead atoms. The van der Waals surface area contributed by atoms with Crippen molar-refractivity contribution in [3.8, 4) is 0 Å². The number of nitrogens with zero attached hydrogens (tertiary/aromatic N) is 2. The Hall–Kier alpha value is -1.69. The van der Waals surface area contributed by atoms with Gasteiger partial charge < -0.3 is 9.64 Å². The Morgan fingerprint density at radius 1 is 1.28 bits per heavy atom. The summed E-state index contributed by atoms with van der Waals surface area (Å²) in [4.78, 5) is 11.9. The summed E-state index contributed by atoms with van der Waals surface area (Å²) in [6.07, 6.45) is 0. The second-order valence-electron chi connectivity index (χ2n) is 3.52.